The molecule has 0 fully saturated rings. The fourth-order valence-electron chi connectivity index (χ4n) is 1.54. The van der Waals surface area contributed by atoms with Crippen molar-refractivity contribution in [1.82, 2.24) is 0 Å². The van der Waals surface area contributed by atoms with E-state index in [0.717, 1.165) is 24.3 Å². The number of aromatic hydroxyl groups is 1. The summed E-state index contributed by atoms with van der Waals surface area (Å²) in [5.41, 5.74) is -0.305. The third-order valence-corrected chi connectivity index (χ3v) is 4.18. The van der Waals surface area contributed by atoms with Crippen LogP contribution < -0.4 is 4.72 Å². The van der Waals surface area contributed by atoms with E-state index in [-0.39, 0.29) is 27.0 Å². The molecule has 0 heterocycles. The molecule has 110 valence electrons. The Morgan fingerprint density at radius 2 is 1.76 bits per heavy atom. The second-order valence-corrected chi connectivity index (χ2v) is 6.14. The van der Waals surface area contributed by atoms with E-state index >= 15 is 0 Å². The molecule has 0 bridgehead atoms. The van der Waals surface area contributed by atoms with Crippen LogP contribution in [-0.2, 0) is 10.0 Å². The number of phenolic OH excluding ortho intramolecular Hbond substituents is 1. The molecule has 0 unspecified atom stereocenters. The molecule has 0 atom stereocenters. The van der Waals surface area contributed by atoms with Crippen LogP contribution in [0.15, 0.2) is 47.4 Å². The molecule has 2 aromatic carbocycles. The number of sulfonamides is 1. The minimum absolute atomic E-state index is 0.0825. The molecule has 0 aromatic heterocycles. The average molecular weight is 329 g/mol. The number of anilines is 1. The summed E-state index contributed by atoms with van der Waals surface area (Å²) in [4.78, 5) is 9.72. The van der Waals surface area contributed by atoms with Crippen LogP contribution in [0.2, 0.25) is 5.02 Å². The minimum Gasteiger partial charge on any atom is -0.506 e. The van der Waals surface area contributed by atoms with Gasteiger partial charge in [0.15, 0.2) is 0 Å². The summed E-state index contributed by atoms with van der Waals surface area (Å²) in [7, 11) is -3.99. The van der Waals surface area contributed by atoms with Crippen LogP contribution >= 0.6 is 11.6 Å². The maximum absolute atomic E-state index is 12.1. The highest BCUT2D eigenvalue weighted by Gasteiger charge is 2.17. The number of rotatable bonds is 4. The molecule has 2 N–H and O–H groups in total. The number of non-ortho nitro benzene ring substituents is 1. The molecule has 9 heteroatoms. The lowest BCUT2D eigenvalue weighted by molar-refractivity contribution is -0.384. The molecule has 2 rings (SSSR count). The summed E-state index contributed by atoms with van der Waals surface area (Å²) in [6.45, 7) is 0. The van der Waals surface area contributed by atoms with Crippen LogP contribution in [0.4, 0.5) is 11.4 Å². The van der Waals surface area contributed by atoms with Crippen LogP contribution in [0, 0.1) is 10.1 Å². The first-order chi connectivity index (χ1) is 9.79. The minimum atomic E-state index is -3.99. The molecular formula is C12H9ClN2O5S. The fourth-order valence-corrected chi connectivity index (χ4v) is 2.78. The maximum Gasteiger partial charge on any atom is 0.269 e. The zero-order chi connectivity index (χ0) is 15.6. The van der Waals surface area contributed by atoms with Crippen molar-refractivity contribution in [2.45, 2.75) is 4.90 Å². The van der Waals surface area contributed by atoms with E-state index in [1.165, 1.54) is 18.2 Å². The third-order valence-electron chi connectivity index (χ3n) is 2.56. The predicted molar refractivity (Wildman–Crippen MR) is 77.0 cm³/mol. The zero-order valence-electron chi connectivity index (χ0n) is 10.4. The molecule has 21 heavy (non-hydrogen) atoms. The largest absolute Gasteiger partial charge is 0.506 e. The summed E-state index contributed by atoms with van der Waals surface area (Å²) >= 11 is 5.73. The van der Waals surface area contributed by atoms with Crippen molar-refractivity contribution >= 4 is 33.0 Å². The highest BCUT2D eigenvalue weighted by atomic mass is 35.5. The van der Waals surface area contributed by atoms with Crippen LogP contribution in [0.25, 0.3) is 0 Å². The van der Waals surface area contributed by atoms with E-state index in [4.69, 9.17) is 11.6 Å². The summed E-state index contributed by atoms with van der Waals surface area (Å²) in [5, 5.41) is 20.4. The quantitative estimate of drug-likeness (QED) is 0.509. The monoisotopic (exact) mass is 328 g/mol. The Balaban J connectivity index is 2.34. The van der Waals surface area contributed by atoms with Crippen LogP contribution in [0.3, 0.4) is 0 Å². The van der Waals surface area contributed by atoms with Crippen LogP contribution in [0.5, 0.6) is 5.75 Å². The Morgan fingerprint density at radius 1 is 1.14 bits per heavy atom. The Labute approximate surface area is 125 Å². The molecule has 0 spiro atoms. The van der Waals surface area contributed by atoms with E-state index in [2.05, 4.69) is 4.72 Å². The number of hydrogen-bond donors (Lipinski definition) is 2. The van der Waals surface area contributed by atoms with Crippen molar-refractivity contribution in [2.24, 2.45) is 0 Å². The smallest absolute Gasteiger partial charge is 0.269 e. The number of halogens is 1. The van der Waals surface area contributed by atoms with E-state index in [1.807, 2.05) is 0 Å². The van der Waals surface area contributed by atoms with Gasteiger partial charge in [0.2, 0.25) is 0 Å². The second-order valence-electron chi connectivity index (χ2n) is 4.02. The van der Waals surface area contributed by atoms with E-state index in [1.54, 1.807) is 0 Å². The van der Waals surface area contributed by atoms with Crippen molar-refractivity contribution in [3.8, 4) is 5.75 Å². The number of nitrogens with zero attached hydrogens (tertiary/aromatic N) is 1. The SMILES string of the molecule is O=[N+]([O-])c1ccc(S(=O)(=O)Nc2cc(Cl)ccc2O)cc1. The van der Waals surface area contributed by atoms with Crippen molar-refractivity contribution in [2.75, 3.05) is 4.72 Å². The van der Waals surface area contributed by atoms with Gasteiger partial charge in [0.25, 0.3) is 15.7 Å². The van der Waals surface area contributed by atoms with E-state index in [9.17, 15) is 23.6 Å². The Hall–Kier alpha value is -2.32. The highest BCUT2D eigenvalue weighted by molar-refractivity contribution is 7.92. The molecule has 2 aromatic rings. The molecule has 0 aliphatic carbocycles. The van der Waals surface area contributed by atoms with Crippen LogP contribution in [-0.4, -0.2) is 18.4 Å². The Kier molecular flexibility index (Phi) is 4.01. The van der Waals surface area contributed by atoms with Gasteiger partial charge in [-0.25, -0.2) is 8.42 Å². The summed E-state index contributed by atoms with van der Waals surface area (Å²) < 4.78 is 26.4. The summed E-state index contributed by atoms with van der Waals surface area (Å²) in [6.07, 6.45) is 0. The molecule has 0 amide bonds. The molecule has 0 saturated carbocycles. The van der Waals surface area contributed by atoms with Crippen molar-refractivity contribution in [1.29, 1.82) is 0 Å². The third kappa shape index (κ3) is 3.41. The molecule has 0 saturated heterocycles. The molecule has 7 nitrogen and oxygen atoms in total. The molecular weight excluding hydrogens is 320 g/mol. The fraction of sp³-hybridized carbons (Fsp3) is 0. The number of hydrogen-bond acceptors (Lipinski definition) is 5. The van der Waals surface area contributed by atoms with Gasteiger partial charge in [0.1, 0.15) is 5.75 Å². The Bertz CT molecular complexity index is 790. The predicted octanol–water partition coefficient (Wildman–Crippen LogP) is 2.75. The number of benzene rings is 2. The highest BCUT2D eigenvalue weighted by Crippen LogP contribution is 2.29. The lowest BCUT2D eigenvalue weighted by atomic mass is 10.3. The van der Waals surface area contributed by atoms with Crippen LogP contribution in [0.1, 0.15) is 0 Å². The Morgan fingerprint density at radius 3 is 2.33 bits per heavy atom. The second kappa shape index (κ2) is 5.58. The molecule has 0 aliphatic heterocycles. The van der Waals surface area contributed by atoms with E-state index < -0.39 is 14.9 Å². The topological polar surface area (TPSA) is 110 Å². The van der Waals surface area contributed by atoms with Crippen molar-refractivity contribution in [3.05, 3.63) is 57.6 Å². The van der Waals surface area contributed by atoms with E-state index in [0.29, 0.717) is 0 Å². The van der Waals surface area contributed by atoms with Gasteiger partial charge in [0.05, 0.1) is 15.5 Å². The first-order valence-corrected chi connectivity index (χ1v) is 7.41. The maximum atomic E-state index is 12.1. The number of phenols is 1. The van der Waals surface area contributed by atoms with Gasteiger partial charge in [-0.15, -0.1) is 0 Å². The van der Waals surface area contributed by atoms with Gasteiger partial charge in [-0.05, 0) is 30.3 Å². The van der Waals surface area contributed by atoms with Gasteiger partial charge in [-0.1, -0.05) is 11.6 Å². The average Bonchev–Trinajstić information content (AvgIpc) is 2.43. The standard InChI is InChI=1S/C12H9ClN2O5S/c13-8-1-6-12(16)11(7-8)14-21(19,20)10-4-2-9(3-5-10)15(17)18/h1-7,14,16H. The lowest BCUT2D eigenvalue weighted by Gasteiger charge is -2.09. The first kappa shape index (κ1) is 15.1. The number of nitro benzene ring substituents is 1. The van der Waals surface area contributed by atoms with Gasteiger partial charge < -0.3 is 5.11 Å². The van der Waals surface area contributed by atoms with Crippen molar-refractivity contribution < 1.29 is 18.4 Å². The van der Waals surface area contributed by atoms with Crippen molar-refractivity contribution in [3.63, 3.8) is 0 Å². The normalized spacial score (nSPS) is 11.1. The number of nitrogens with one attached hydrogen (secondary N) is 1. The summed E-state index contributed by atoms with van der Waals surface area (Å²) in [5.74, 6) is -0.287. The molecule has 0 aliphatic rings. The number of nitro groups is 1. The summed E-state index contributed by atoms with van der Waals surface area (Å²) in [6, 6.07) is 8.25. The van der Waals surface area contributed by atoms with Gasteiger partial charge >= 0.3 is 0 Å². The van der Waals surface area contributed by atoms with Gasteiger partial charge in [-0.3, -0.25) is 14.8 Å². The first-order valence-electron chi connectivity index (χ1n) is 5.55. The van der Waals surface area contributed by atoms with Gasteiger partial charge in [-0.2, -0.15) is 0 Å². The zero-order valence-corrected chi connectivity index (χ0v) is 11.9. The molecule has 0 radical (unpaired) electrons. The lowest BCUT2D eigenvalue weighted by Crippen LogP contribution is -2.13. The van der Waals surface area contributed by atoms with Gasteiger partial charge in [0, 0.05) is 17.2 Å².